The summed E-state index contributed by atoms with van der Waals surface area (Å²) in [5.41, 5.74) is 2.52. The van der Waals surface area contributed by atoms with Crippen molar-refractivity contribution in [1.29, 1.82) is 0 Å². The number of fused-ring (bicyclic) bond motifs is 1. The fraction of sp³-hybridized carbons (Fsp3) is 0.444. The van der Waals surface area contributed by atoms with Gasteiger partial charge in [0.05, 0.1) is 37.5 Å². The van der Waals surface area contributed by atoms with Crippen LogP contribution in [0.15, 0.2) is 48.5 Å². The Balaban J connectivity index is 1.40. The minimum Gasteiger partial charge on any atom is -0.475 e. The van der Waals surface area contributed by atoms with Gasteiger partial charge in [-0.25, -0.2) is 4.79 Å². The first-order chi connectivity index (χ1) is 16.5. The largest absolute Gasteiger partial charge is 0.475 e. The van der Waals surface area contributed by atoms with Crippen molar-refractivity contribution >= 4 is 34.0 Å². The number of carbonyl (C=O) groups is 1. The molecular weight excluding hydrogens is 446 g/mol. The summed E-state index contributed by atoms with van der Waals surface area (Å²) in [7, 11) is 2.14. The number of unbranched alkanes of at least 4 members (excludes halogenated alkanes) is 3. The monoisotopic (exact) mass is 480 g/mol. The quantitative estimate of drug-likeness (QED) is 0.200. The van der Waals surface area contributed by atoms with Crippen molar-refractivity contribution in [2.75, 3.05) is 26.7 Å². The van der Waals surface area contributed by atoms with E-state index in [4.69, 9.17) is 9.47 Å². The average molecular weight is 481 g/mol. The molecular formula is C27H34N3O3S+. The summed E-state index contributed by atoms with van der Waals surface area (Å²) in [5, 5.41) is 2.14. The molecule has 34 heavy (non-hydrogen) atoms. The normalized spacial score (nSPS) is 19.0. The predicted octanol–water partition coefficient (Wildman–Crippen LogP) is 6.09. The highest BCUT2D eigenvalue weighted by molar-refractivity contribution is 6.99. The van der Waals surface area contributed by atoms with Crippen LogP contribution in [0.4, 0.5) is 0 Å². The Morgan fingerprint density at radius 2 is 1.94 bits per heavy atom. The first-order valence-electron chi connectivity index (χ1n) is 12.2. The molecule has 0 N–H and O–H groups in total. The molecule has 4 rings (SSSR count). The van der Waals surface area contributed by atoms with Crippen LogP contribution < -0.4 is 4.74 Å². The molecule has 2 aromatic carbocycles. The lowest BCUT2D eigenvalue weighted by atomic mass is 10.0. The van der Waals surface area contributed by atoms with Gasteiger partial charge in [-0.05, 0) is 29.3 Å². The number of benzene rings is 2. The third kappa shape index (κ3) is 5.65. The molecule has 0 fully saturated rings. The van der Waals surface area contributed by atoms with Crippen molar-refractivity contribution in [2.45, 2.75) is 52.2 Å². The van der Waals surface area contributed by atoms with Crippen LogP contribution in [0.3, 0.4) is 0 Å². The van der Waals surface area contributed by atoms with Gasteiger partial charge in [0.15, 0.2) is 0 Å². The molecule has 2 unspecified atom stereocenters. The average Bonchev–Trinajstić information content (AvgIpc) is 3.32. The molecule has 2 atom stereocenters. The van der Waals surface area contributed by atoms with E-state index in [9.17, 15) is 4.79 Å². The first-order valence-corrected chi connectivity index (χ1v) is 12.9. The molecule has 0 bridgehead atoms. The maximum Gasteiger partial charge on any atom is 0.342 e. The second kappa shape index (κ2) is 11.1. The predicted molar refractivity (Wildman–Crippen MR) is 137 cm³/mol. The number of hydrogen-bond donors (Lipinski definition) is 0. The molecule has 180 valence electrons. The zero-order valence-electron chi connectivity index (χ0n) is 20.3. The standard InChI is InChI=1S/C27H34N3O3S/c1-4-5-6-9-17-32-26-25(28-34-29-26)24-13-10-16-30(3,19-24)20(2)33-27(31)23-15-14-21-11-7-8-12-22(21)18-23/h7-8,11-15,18,20H,4-6,9-10,16-17,19H2,1-3H3/q+1. The maximum absolute atomic E-state index is 13.0. The molecule has 0 saturated carbocycles. The Bertz CT molecular complexity index is 1160. The highest BCUT2D eigenvalue weighted by Gasteiger charge is 2.37. The number of esters is 1. The van der Waals surface area contributed by atoms with Crippen molar-refractivity contribution in [3.8, 4) is 5.88 Å². The summed E-state index contributed by atoms with van der Waals surface area (Å²) in [5.74, 6) is 0.335. The van der Waals surface area contributed by atoms with Gasteiger partial charge < -0.3 is 9.47 Å². The van der Waals surface area contributed by atoms with E-state index in [-0.39, 0.29) is 12.2 Å². The van der Waals surface area contributed by atoms with E-state index in [1.807, 2.05) is 49.4 Å². The van der Waals surface area contributed by atoms with E-state index in [0.29, 0.717) is 29.1 Å². The van der Waals surface area contributed by atoms with Crippen molar-refractivity contribution in [3.63, 3.8) is 0 Å². The van der Waals surface area contributed by atoms with Crippen LogP contribution in [0, 0.1) is 0 Å². The highest BCUT2D eigenvalue weighted by atomic mass is 32.1. The van der Waals surface area contributed by atoms with Gasteiger partial charge in [0.1, 0.15) is 12.2 Å². The zero-order valence-corrected chi connectivity index (χ0v) is 21.1. The maximum atomic E-state index is 13.0. The number of likely N-dealkylation sites (N-methyl/N-ethyl adjacent to an activating group) is 1. The van der Waals surface area contributed by atoms with E-state index in [2.05, 4.69) is 28.8 Å². The lowest BCUT2D eigenvalue weighted by Crippen LogP contribution is -2.55. The van der Waals surface area contributed by atoms with E-state index in [0.717, 1.165) is 41.4 Å². The number of aromatic nitrogens is 2. The summed E-state index contributed by atoms with van der Waals surface area (Å²) in [6.07, 6.45) is 7.43. The van der Waals surface area contributed by atoms with Crippen LogP contribution >= 0.6 is 11.7 Å². The van der Waals surface area contributed by atoms with Gasteiger partial charge in [-0.15, -0.1) is 4.37 Å². The fourth-order valence-electron chi connectivity index (χ4n) is 4.38. The van der Waals surface area contributed by atoms with Crippen LogP contribution in [-0.4, -0.2) is 52.2 Å². The van der Waals surface area contributed by atoms with Crippen LogP contribution in [0.5, 0.6) is 5.88 Å². The molecule has 0 aliphatic carbocycles. The van der Waals surface area contributed by atoms with Gasteiger partial charge in [-0.1, -0.05) is 62.6 Å². The first kappa shape index (κ1) is 24.4. The second-order valence-electron chi connectivity index (χ2n) is 9.27. The molecule has 0 amide bonds. The molecule has 1 aliphatic rings. The summed E-state index contributed by atoms with van der Waals surface area (Å²) >= 11 is 1.19. The number of ether oxygens (including phenoxy) is 2. The number of carbonyl (C=O) groups excluding carboxylic acids is 1. The van der Waals surface area contributed by atoms with Crippen LogP contribution in [0.2, 0.25) is 0 Å². The Kier molecular flexibility index (Phi) is 7.95. The third-order valence-corrected chi connectivity index (χ3v) is 7.21. The smallest absolute Gasteiger partial charge is 0.342 e. The van der Waals surface area contributed by atoms with E-state index >= 15 is 0 Å². The molecule has 3 aromatic rings. The van der Waals surface area contributed by atoms with Gasteiger partial charge in [-0.3, -0.25) is 4.48 Å². The van der Waals surface area contributed by atoms with E-state index < -0.39 is 0 Å². The molecule has 0 saturated heterocycles. The Morgan fingerprint density at radius 1 is 1.12 bits per heavy atom. The zero-order chi connectivity index (χ0) is 24.0. The summed E-state index contributed by atoms with van der Waals surface area (Å²) in [6.45, 7) is 6.45. The van der Waals surface area contributed by atoms with Gasteiger partial charge in [-0.2, -0.15) is 4.37 Å². The SMILES string of the molecule is CCCCCCOc1nsnc1C1=CCC[N+](C)(C(C)OC(=O)c2ccc3ccccc3c2)C1. The summed E-state index contributed by atoms with van der Waals surface area (Å²) in [6, 6.07) is 13.7. The van der Waals surface area contributed by atoms with E-state index in [1.54, 1.807) is 0 Å². The van der Waals surface area contributed by atoms with Gasteiger partial charge in [0.2, 0.25) is 6.23 Å². The number of hydrogen-bond acceptors (Lipinski definition) is 6. The third-order valence-electron chi connectivity index (χ3n) is 6.70. The molecule has 0 radical (unpaired) electrons. The number of nitrogens with zero attached hydrogens (tertiary/aromatic N) is 3. The van der Waals surface area contributed by atoms with Gasteiger partial charge in [0.25, 0.3) is 5.88 Å². The molecule has 7 heteroatoms. The number of quaternary nitrogens is 1. The summed E-state index contributed by atoms with van der Waals surface area (Å²) < 4.78 is 21.5. The van der Waals surface area contributed by atoms with Crippen molar-refractivity contribution in [3.05, 3.63) is 59.8 Å². The van der Waals surface area contributed by atoms with Crippen molar-refractivity contribution in [2.24, 2.45) is 0 Å². The van der Waals surface area contributed by atoms with E-state index in [1.165, 1.54) is 31.0 Å². The minimum atomic E-state index is -0.298. The lowest BCUT2D eigenvalue weighted by Gasteiger charge is -2.41. The Morgan fingerprint density at radius 3 is 2.76 bits per heavy atom. The lowest BCUT2D eigenvalue weighted by molar-refractivity contribution is -0.944. The Hall–Kier alpha value is -2.77. The highest BCUT2D eigenvalue weighted by Crippen LogP contribution is 2.32. The molecule has 0 spiro atoms. The summed E-state index contributed by atoms with van der Waals surface area (Å²) in [4.78, 5) is 13.0. The fourth-order valence-corrected chi connectivity index (χ4v) is 4.91. The van der Waals surface area contributed by atoms with Crippen molar-refractivity contribution < 1.29 is 18.8 Å². The topological polar surface area (TPSA) is 61.3 Å². The Labute approximate surface area is 206 Å². The molecule has 1 aliphatic heterocycles. The number of rotatable bonds is 10. The van der Waals surface area contributed by atoms with Crippen molar-refractivity contribution in [1.82, 2.24) is 8.75 Å². The van der Waals surface area contributed by atoms with Crippen LogP contribution in [0.1, 0.15) is 62.0 Å². The second-order valence-corrected chi connectivity index (χ2v) is 9.80. The minimum absolute atomic E-state index is 0.292. The van der Waals surface area contributed by atoms with Gasteiger partial charge >= 0.3 is 5.97 Å². The molecule has 2 heterocycles. The molecule has 6 nitrogen and oxygen atoms in total. The van der Waals surface area contributed by atoms with Crippen LogP contribution in [-0.2, 0) is 4.74 Å². The van der Waals surface area contributed by atoms with Crippen LogP contribution in [0.25, 0.3) is 16.3 Å². The molecule has 1 aromatic heterocycles. The van der Waals surface area contributed by atoms with Gasteiger partial charge in [0, 0.05) is 18.9 Å².